The van der Waals surface area contributed by atoms with Gasteiger partial charge in [0.25, 0.3) is 0 Å². The van der Waals surface area contributed by atoms with Gasteiger partial charge >= 0.3 is 0 Å². The van der Waals surface area contributed by atoms with Crippen LogP contribution in [0.2, 0.25) is 0 Å². The SMILES string of the molecule is C/C=C(\C)c1ccc(/C(C)=C/CCC)cc1.CC. The molecule has 0 atom stereocenters. The van der Waals surface area contributed by atoms with Crippen LogP contribution in [0.25, 0.3) is 11.1 Å². The third kappa shape index (κ3) is 5.35. The minimum Gasteiger partial charge on any atom is -0.0841 e. The van der Waals surface area contributed by atoms with E-state index in [9.17, 15) is 0 Å². The van der Waals surface area contributed by atoms with E-state index in [-0.39, 0.29) is 0 Å². The van der Waals surface area contributed by atoms with E-state index in [1.54, 1.807) is 0 Å². The van der Waals surface area contributed by atoms with Crippen LogP contribution >= 0.6 is 0 Å². The van der Waals surface area contributed by atoms with E-state index in [0.29, 0.717) is 0 Å². The second-order valence-corrected chi connectivity index (χ2v) is 4.22. The molecule has 0 amide bonds. The molecule has 1 aromatic carbocycles. The zero-order valence-electron chi connectivity index (χ0n) is 12.9. The summed E-state index contributed by atoms with van der Waals surface area (Å²) in [5.41, 5.74) is 5.36. The molecule has 0 aromatic heterocycles. The van der Waals surface area contributed by atoms with Gasteiger partial charge in [0, 0.05) is 0 Å². The molecule has 0 radical (unpaired) electrons. The molecule has 0 aliphatic heterocycles. The Morgan fingerprint density at radius 1 is 0.944 bits per heavy atom. The van der Waals surface area contributed by atoms with Crippen LogP contribution in [0.4, 0.5) is 0 Å². The lowest BCUT2D eigenvalue weighted by molar-refractivity contribution is 0.959. The number of unbranched alkanes of at least 4 members (excludes halogenated alkanes) is 1. The summed E-state index contributed by atoms with van der Waals surface area (Å²) in [6, 6.07) is 8.83. The van der Waals surface area contributed by atoms with Crippen LogP contribution in [0.15, 0.2) is 36.4 Å². The normalized spacial score (nSPS) is 11.9. The summed E-state index contributed by atoms with van der Waals surface area (Å²) >= 11 is 0. The van der Waals surface area contributed by atoms with Crippen LogP contribution < -0.4 is 0 Å². The topological polar surface area (TPSA) is 0 Å². The fourth-order valence-electron chi connectivity index (χ4n) is 1.64. The Morgan fingerprint density at radius 2 is 1.39 bits per heavy atom. The van der Waals surface area contributed by atoms with Gasteiger partial charge in [-0.1, -0.05) is 63.6 Å². The molecule has 0 bridgehead atoms. The number of allylic oxidation sites excluding steroid dienone is 4. The van der Waals surface area contributed by atoms with Gasteiger partial charge in [0.05, 0.1) is 0 Å². The first-order chi connectivity index (χ1) is 8.69. The highest BCUT2D eigenvalue weighted by molar-refractivity contribution is 5.68. The zero-order valence-corrected chi connectivity index (χ0v) is 12.9. The average molecular weight is 244 g/mol. The molecule has 0 unspecified atom stereocenters. The van der Waals surface area contributed by atoms with Crippen molar-refractivity contribution in [1.82, 2.24) is 0 Å². The lowest BCUT2D eigenvalue weighted by Crippen LogP contribution is -1.83. The monoisotopic (exact) mass is 244 g/mol. The van der Waals surface area contributed by atoms with Gasteiger partial charge in [0.1, 0.15) is 0 Å². The predicted octanol–water partition coefficient (Wildman–Crippen LogP) is 6.34. The minimum atomic E-state index is 1.17. The second-order valence-electron chi connectivity index (χ2n) is 4.22. The Balaban J connectivity index is 0.00000137. The fourth-order valence-corrected chi connectivity index (χ4v) is 1.64. The Hall–Kier alpha value is -1.30. The van der Waals surface area contributed by atoms with Gasteiger partial charge in [0.15, 0.2) is 0 Å². The molecule has 1 rings (SSSR count). The lowest BCUT2D eigenvalue weighted by atomic mass is 10.0. The van der Waals surface area contributed by atoms with E-state index in [1.807, 2.05) is 13.8 Å². The lowest BCUT2D eigenvalue weighted by Gasteiger charge is -2.05. The second kappa shape index (κ2) is 9.70. The van der Waals surface area contributed by atoms with Crippen LogP contribution in [-0.2, 0) is 0 Å². The van der Waals surface area contributed by atoms with Crippen molar-refractivity contribution in [2.24, 2.45) is 0 Å². The van der Waals surface area contributed by atoms with Crippen molar-refractivity contribution in [2.75, 3.05) is 0 Å². The molecular formula is C18H28. The van der Waals surface area contributed by atoms with Crippen molar-refractivity contribution in [2.45, 2.75) is 54.4 Å². The van der Waals surface area contributed by atoms with Crippen LogP contribution in [0.5, 0.6) is 0 Å². The van der Waals surface area contributed by atoms with E-state index in [0.717, 1.165) is 0 Å². The van der Waals surface area contributed by atoms with E-state index >= 15 is 0 Å². The van der Waals surface area contributed by atoms with Crippen molar-refractivity contribution in [3.8, 4) is 0 Å². The van der Waals surface area contributed by atoms with Gasteiger partial charge in [-0.2, -0.15) is 0 Å². The largest absolute Gasteiger partial charge is 0.0841 e. The highest BCUT2D eigenvalue weighted by atomic mass is 14.0. The predicted molar refractivity (Wildman–Crippen MR) is 85.7 cm³/mol. The zero-order chi connectivity index (χ0) is 14.0. The first-order valence-electron chi connectivity index (χ1n) is 7.09. The van der Waals surface area contributed by atoms with E-state index in [4.69, 9.17) is 0 Å². The fraction of sp³-hybridized carbons (Fsp3) is 0.444. The molecule has 1 aromatic rings. The highest BCUT2D eigenvalue weighted by Crippen LogP contribution is 2.19. The third-order valence-corrected chi connectivity index (χ3v) is 2.97. The van der Waals surface area contributed by atoms with E-state index in [1.165, 1.54) is 35.1 Å². The standard InChI is InChI=1S/C16H22.C2H6/c1-5-7-8-14(4)16-11-9-15(10-12-16)13(3)6-2;1-2/h6,8-12H,5,7H2,1-4H3;1-2H3/b13-6+,14-8+;. The third-order valence-electron chi connectivity index (χ3n) is 2.97. The molecule has 0 N–H and O–H groups in total. The molecule has 0 heterocycles. The number of rotatable bonds is 4. The Morgan fingerprint density at radius 3 is 1.78 bits per heavy atom. The maximum Gasteiger partial charge on any atom is -0.0230 e. The van der Waals surface area contributed by atoms with Crippen molar-refractivity contribution < 1.29 is 0 Å². The van der Waals surface area contributed by atoms with Crippen LogP contribution in [0.1, 0.15) is 65.5 Å². The molecule has 18 heavy (non-hydrogen) atoms. The van der Waals surface area contributed by atoms with Crippen molar-refractivity contribution in [3.63, 3.8) is 0 Å². The van der Waals surface area contributed by atoms with E-state index < -0.39 is 0 Å². The van der Waals surface area contributed by atoms with Gasteiger partial charge in [-0.3, -0.25) is 0 Å². The molecule has 100 valence electrons. The first kappa shape index (κ1) is 16.7. The maximum absolute atomic E-state index is 2.32. The van der Waals surface area contributed by atoms with Gasteiger partial charge in [-0.05, 0) is 49.5 Å². The van der Waals surface area contributed by atoms with Gasteiger partial charge in [0.2, 0.25) is 0 Å². The summed E-state index contributed by atoms with van der Waals surface area (Å²) in [6.45, 7) is 12.6. The summed E-state index contributed by atoms with van der Waals surface area (Å²) in [5.74, 6) is 0. The molecule has 0 spiro atoms. The first-order valence-corrected chi connectivity index (χ1v) is 7.09. The summed E-state index contributed by atoms with van der Waals surface area (Å²) in [5, 5.41) is 0. The maximum atomic E-state index is 2.32. The molecule has 0 fully saturated rings. The average Bonchev–Trinajstić information content (AvgIpc) is 2.46. The van der Waals surface area contributed by atoms with Crippen LogP contribution in [0, 0.1) is 0 Å². The van der Waals surface area contributed by atoms with Gasteiger partial charge < -0.3 is 0 Å². The summed E-state index contributed by atoms with van der Waals surface area (Å²) in [4.78, 5) is 0. The molecule has 0 nitrogen and oxygen atoms in total. The Bertz CT molecular complexity index is 377. The number of hydrogen-bond donors (Lipinski definition) is 0. The highest BCUT2D eigenvalue weighted by Gasteiger charge is 1.97. The Labute approximate surface area is 113 Å². The van der Waals surface area contributed by atoms with Crippen LogP contribution in [-0.4, -0.2) is 0 Å². The summed E-state index contributed by atoms with van der Waals surface area (Å²) in [7, 11) is 0. The molecule has 0 aliphatic carbocycles. The summed E-state index contributed by atoms with van der Waals surface area (Å²) in [6.07, 6.45) is 6.85. The molecule has 0 aliphatic rings. The van der Waals surface area contributed by atoms with Crippen molar-refractivity contribution in [3.05, 3.63) is 47.5 Å². The van der Waals surface area contributed by atoms with Gasteiger partial charge in [-0.25, -0.2) is 0 Å². The summed E-state index contributed by atoms with van der Waals surface area (Å²) < 4.78 is 0. The quantitative estimate of drug-likeness (QED) is 0.579. The minimum absolute atomic E-state index is 1.17. The molecular weight excluding hydrogens is 216 g/mol. The molecule has 0 saturated heterocycles. The molecule has 0 heteroatoms. The molecule has 0 saturated carbocycles. The van der Waals surface area contributed by atoms with Crippen LogP contribution in [0.3, 0.4) is 0 Å². The van der Waals surface area contributed by atoms with E-state index in [2.05, 4.69) is 64.1 Å². The number of hydrogen-bond acceptors (Lipinski definition) is 0. The Kier molecular flexibility index (Phi) is 9.00. The van der Waals surface area contributed by atoms with Crippen molar-refractivity contribution in [1.29, 1.82) is 0 Å². The van der Waals surface area contributed by atoms with Gasteiger partial charge in [-0.15, -0.1) is 0 Å². The van der Waals surface area contributed by atoms with Crippen molar-refractivity contribution >= 4 is 11.1 Å². The smallest absolute Gasteiger partial charge is 0.0230 e. The number of benzene rings is 1.